The van der Waals surface area contributed by atoms with Gasteiger partial charge < -0.3 is 14.5 Å². The molecule has 0 aliphatic carbocycles. The Morgan fingerprint density at radius 3 is 3.12 bits per heavy atom. The van der Waals surface area contributed by atoms with E-state index in [1.165, 1.54) is 0 Å². The molecule has 0 spiro atoms. The molecule has 4 nitrogen and oxygen atoms in total. The Hall–Kier alpha value is -0.870. The molecule has 16 heavy (non-hydrogen) atoms. The zero-order valence-electron chi connectivity index (χ0n) is 10.0. The molecule has 1 aliphatic heterocycles. The van der Waals surface area contributed by atoms with E-state index >= 15 is 0 Å². The molecule has 1 aliphatic rings. The van der Waals surface area contributed by atoms with Gasteiger partial charge in [0.1, 0.15) is 5.76 Å². The fraction of sp³-hybridized carbons (Fsp3) is 0.750. The molecule has 0 saturated carbocycles. The second-order valence-corrected chi connectivity index (χ2v) is 4.31. The summed E-state index contributed by atoms with van der Waals surface area (Å²) < 4.78 is 11.1. The maximum absolute atomic E-state index is 5.56. The van der Waals surface area contributed by atoms with E-state index in [1.54, 1.807) is 6.39 Å². The van der Waals surface area contributed by atoms with E-state index in [-0.39, 0.29) is 6.10 Å². The molecule has 0 bridgehead atoms. The lowest BCUT2D eigenvalue weighted by Gasteiger charge is -2.12. The van der Waals surface area contributed by atoms with Crippen molar-refractivity contribution in [1.29, 1.82) is 0 Å². The van der Waals surface area contributed by atoms with Crippen molar-refractivity contribution in [2.45, 2.75) is 45.3 Å². The van der Waals surface area contributed by atoms with Crippen LogP contribution in [0.25, 0.3) is 0 Å². The fourth-order valence-electron chi connectivity index (χ4n) is 2.17. The SMILES string of the molecule is CCCNCc1ncoc1C1CCOC1C. The summed E-state index contributed by atoms with van der Waals surface area (Å²) in [5, 5.41) is 3.35. The first-order chi connectivity index (χ1) is 7.83. The van der Waals surface area contributed by atoms with Crippen molar-refractivity contribution in [3.05, 3.63) is 17.8 Å². The minimum Gasteiger partial charge on any atom is -0.448 e. The molecule has 2 unspecified atom stereocenters. The van der Waals surface area contributed by atoms with Gasteiger partial charge in [0.25, 0.3) is 0 Å². The summed E-state index contributed by atoms with van der Waals surface area (Å²) in [6.07, 6.45) is 3.97. The third-order valence-electron chi connectivity index (χ3n) is 3.10. The summed E-state index contributed by atoms with van der Waals surface area (Å²) in [4.78, 5) is 4.28. The Labute approximate surface area is 96.4 Å². The van der Waals surface area contributed by atoms with E-state index < -0.39 is 0 Å². The Morgan fingerprint density at radius 2 is 2.44 bits per heavy atom. The summed E-state index contributed by atoms with van der Waals surface area (Å²) >= 11 is 0. The molecular formula is C12H20N2O2. The predicted octanol–water partition coefficient (Wildman–Crippen LogP) is 2.07. The lowest BCUT2D eigenvalue weighted by Crippen LogP contribution is -2.17. The second kappa shape index (κ2) is 5.46. The van der Waals surface area contributed by atoms with Crippen molar-refractivity contribution in [3.63, 3.8) is 0 Å². The van der Waals surface area contributed by atoms with Crippen molar-refractivity contribution >= 4 is 0 Å². The lowest BCUT2D eigenvalue weighted by atomic mass is 9.98. The zero-order chi connectivity index (χ0) is 11.4. The minimum absolute atomic E-state index is 0.248. The first kappa shape index (κ1) is 11.6. The number of nitrogens with one attached hydrogen (secondary N) is 1. The average molecular weight is 224 g/mol. The first-order valence-corrected chi connectivity index (χ1v) is 6.07. The van der Waals surface area contributed by atoms with Crippen LogP contribution in [0.2, 0.25) is 0 Å². The number of oxazole rings is 1. The molecule has 2 rings (SSSR count). The van der Waals surface area contributed by atoms with Crippen molar-refractivity contribution < 1.29 is 9.15 Å². The smallest absolute Gasteiger partial charge is 0.181 e. The number of aromatic nitrogens is 1. The van der Waals surface area contributed by atoms with Crippen molar-refractivity contribution in [1.82, 2.24) is 10.3 Å². The summed E-state index contributed by atoms with van der Waals surface area (Å²) in [5.74, 6) is 1.38. The van der Waals surface area contributed by atoms with E-state index in [9.17, 15) is 0 Å². The molecule has 0 radical (unpaired) electrons. The van der Waals surface area contributed by atoms with Gasteiger partial charge in [0, 0.05) is 19.1 Å². The molecule has 1 N–H and O–H groups in total. The van der Waals surface area contributed by atoms with E-state index in [0.717, 1.165) is 44.0 Å². The van der Waals surface area contributed by atoms with E-state index in [0.29, 0.717) is 5.92 Å². The highest BCUT2D eigenvalue weighted by Gasteiger charge is 2.30. The standard InChI is InChI=1S/C12H20N2O2/c1-3-5-13-7-11-12(16-8-14-11)10-4-6-15-9(10)2/h8-10,13H,3-7H2,1-2H3. The van der Waals surface area contributed by atoms with Crippen LogP contribution in [-0.2, 0) is 11.3 Å². The molecule has 1 aromatic heterocycles. The molecule has 1 fully saturated rings. The number of nitrogens with zero attached hydrogens (tertiary/aromatic N) is 1. The highest BCUT2D eigenvalue weighted by atomic mass is 16.5. The third-order valence-corrected chi connectivity index (χ3v) is 3.10. The highest BCUT2D eigenvalue weighted by Crippen LogP contribution is 2.32. The third kappa shape index (κ3) is 2.44. The van der Waals surface area contributed by atoms with Gasteiger partial charge in [0.2, 0.25) is 0 Å². The summed E-state index contributed by atoms with van der Waals surface area (Å²) in [7, 11) is 0. The Kier molecular flexibility index (Phi) is 3.96. The van der Waals surface area contributed by atoms with Gasteiger partial charge >= 0.3 is 0 Å². The first-order valence-electron chi connectivity index (χ1n) is 6.07. The van der Waals surface area contributed by atoms with Gasteiger partial charge in [-0.05, 0) is 26.3 Å². The molecule has 0 aromatic carbocycles. The van der Waals surface area contributed by atoms with Crippen molar-refractivity contribution in [2.24, 2.45) is 0 Å². The molecule has 2 atom stereocenters. The van der Waals surface area contributed by atoms with Crippen LogP contribution in [0.3, 0.4) is 0 Å². The molecule has 4 heteroatoms. The minimum atomic E-state index is 0.248. The summed E-state index contributed by atoms with van der Waals surface area (Å²) in [6, 6.07) is 0. The van der Waals surface area contributed by atoms with Crippen LogP contribution in [0, 0.1) is 0 Å². The van der Waals surface area contributed by atoms with Gasteiger partial charge in [-0.25, -0.2) is 4.98 Å². The monoisotopic (exact) mass is 224 g/mol. The number of hydrogen-bond acceptors (Lipinski definition) is 4. The topological polar surface area (TPSA) is 47.3 Å². The Balaban J connectivity index is 2.00. The molecule has 0 amide bonds. The zero-order valence-corrected chi connectivity index (χ0v) is 10.0. The van der Waals surface area contributed by atoms with Gasteiger partial charge in [-0.15, -0.1) is 0 Å². The Bertz CT molecular complexity index is 325. The molecule has 1 aromatic rings. The van der Waals surface area contributed by atoms with Gasteiger partial charge in [-0.1, -0.05) is 6.92 Å². The molecule has 90 valence electrons. The van der Waals surface area contributed by atoms with Gasteiger partial charge in [0.05, 0.1) is 11.8 Å². The number of ether oxygens (including phenoxy) is 1. The number of rotatable bonds is 5. The van der Waals surface area contributed by atoms with Crippen LogP contribution in [0.1, 0.15) is 44.1 Å². The molecular weight excluding hydrogens is 204 g/mol. The van der Waals surface area contributed by atoms with Gasteiger partial charge in [0.15, 0.2) is 6.39 Å². The quantitative estimate of drug-likeness (QED) is 0.778. The normalized spacial score (nSPS) is 25.1. The van der Waals surface area contributed by atoms with Crippen molar-refractivity contribution in [3.8, 4) is 0 Å². The van der Waals surface area contributed by atoms with Crippen LogP contribution in [0.4, 0.5) is 0 Å². The lowest BCUT2D eigenvalue weighted by molar-refractivity contribution is 0.115. The predicted molar refractivity (Wildman–Crippen MR) is 61.3 cm³/mol. The van der Waals surface area contributed by atoms with Gasteiger partial charge in [-0.2, -0.15) is 0 Å². The van der Waals surface area contributed by atoms with E-state index in [4.69, 9.17) is 9.15 Å². The van der Waals surface area contributed by atoms with Crippen LogP contribution in [0.15, 0.2) is 10.8 Å². The Morgan fingerprint density at radius 1 is 1.56 bits per heavy atom. The molecule has 2 heterocycles. The second-order valence-electron chi connectivity index (χ2n) is 4.31. The fourth-order valence-corrected chi connectivity index (χ4v) is 2.17. The summed E-state index contributed by atoms with van der Waals surface area (Å²) in [6.45, 7) is 6.90. The van der Waals surface area contributed by atoms with Crippen LogP contribution < -0.4 is 5.32 Å². The van der Waals surface area contributed by atoms with E-state index in [1.807, 2.05) is 0 Å². The largest absolute Gasteiger partial charge is 0.448 e. The summed E-state index contributed by atoms with van der Waals surface area (Å²) in [5.41, 5.74) is 1.04. The van der Waals surface area contributed by atoms with Crippen LogP contribution in [-0.4, -0.2) is 24.2 Å². The van der Waals surface area contributed by atoms with E-state index in [2.05, 4.69) is 24.1 Å². The average Bonchev–Trinajstić information content (AvgIpc) is 2.87. The van der Waals surface area contributed by atoms with Crippen molar-refractivity contribution in [2.75, 3.05) is 13.2 Å². The maximum Gasteiger partial charge on any atom is 0.181 e. The maximum atomic E-state index is 5.56. The number of hydrogen-bond donors (Lipinski definition) is 1. The van der Waals surface area contributed by atoms with Crippen LogP contribution in [0.5, 0.6) is 0 Å². The van der Waals surface area contributed by atoms with Crippen LogP contribution >= 0.6 is 0 Å². The molecule has 1 saturated heterocycles. The highest BCUT2D eigenvalue weighted by molar-refractivity contribution is 5.15. The van der Waals surface area contributed by atoms with Gasteiger partial charge in [-0.3, -0.25) is 0 Å².